The number of halogens is 1. The average molecular weight is 521 g/mol. The number of carbonyl (C=O) groups excluding carboxylic acids is 3. The number of hydrogen-bond acceptors (Lipinski definition) is 6. The molecule has 3 aromatic carbocycles. The lowest BCUT2D eigenvalue weighted by atomic mass is 10.1. The number of anilines is 1. The van der Waals surface area contributed by atoms with E-state index in [4.69, 9.17) is 25.8 Å². The van der Waals surface area contributed by atoms with Crippen LogP contribution in [-0.2, 0) is 9.59 Å². The Balaban J connectivity index is 1.48. The van der Waals surface area contributed by atoms with Crippen molar-refractivity contribution in [2.45, 2.75) is 13.8 Å². The number of nitrogens with zero attached hydrogens (tertiary/aromatic N) is 1. The van der Waals surface area contributed by atoms with Crippen molar-refractivity contribution in [3.8, 4) is 17.2 Å². The molecule has 0 aliphatic carbocycles. The highest BCUT2D eigenvalue weighted by atomic mass is 35.5. The van der Waals surface area contributed by atoms with Crippen LogP contribution in [0.25, 0.3) is 6.08 Å². The minimum atomic E-state index is -0.834. The second-order valence-electron chi connectivity index (χ2n) is 8.31. The molecule has 0 saturated carbocycles. The van der Waals surface area contributed by atoms with Crippen LogP contribution in [0.1, 0.15) is 16.7 Å². The minimum Gasteiger partial charge on any atom is -0.493 e. The van der Waals surface area contributed by atoms with Crippen molar-refractivity contribution in [1.82, 2.24) is 5.32 Å². The van der Waals surface area contributed by atoms with Crippen LogP contribution in [0.15, 0.2) is 66.2 Å². The molecule has 4 rings (SSSR count). The number of rotatable bonds is 8. The van der Waals surface area contributed by atoms with Gasteiger partial charge in [-0.2, -0.15) is 0 Å². The van der Waals surface area contributed by atoms with Crippen molar-refractivity contribution < 1.29 is 28.6 Å². The van der Waals surface area contributed by atoms with E-state index in [1.807, 2.05) is 32.0 Å². The lowest BCUT2D eigenvalue weighted by Gasteiger charge is -2.26. The number of imide groups is 2. The zero-order chi connectivity index (χ0) is 26.5. The predicted octanol–water partition coefficient (Wildman–Crippen LogP) is 5.09. The maximum absolute atomic E-state index is 13.1. The molecule has 1 heterocycles. The second-order valence-corrected chi connectivity index (χ2v) is 8.75. The summed E-state index contributed by atoms with van der Waals surface area (Å²) in [6.45, 7) is 4.60. The molecule has 37 heavy (non-hydrogen) atoms. The van der Waals surface area contributed by atoms with E-state index in [9.17, 15) is 14.4 Å². The first-order chi connectivity index (χ1) is 17.8. The van der Waals surface area contributed by atoms with Gasteiger partial charge in [-0.3, -0.25) is 14.9 Å². The number of urea groups is 1. The molecular formula is C28H25ClN2O6. The van der Waals surface area contributed by atoms with E-state index in [-0.39, 0.29) is 17.9 Å². The quantitative estimate of drug-likeness (QED) is 0.252. The SMILES string of the molecule is COc1cc(/C=C2\C(=O)NC(=O)N(c3ccc(Cl)cc3)C2=O)ccc1OCCOc1cc(C)ccc1C. The third-order valence-corrected chi connectivity index (χ3v) is 5.88. The molecule has 0 spiro atoms. The summed E-state index contributed by atoms with van der Waals surface area (Å²) in [6.07, 6.45) is 1.39. The van der Waals surface area contributed by atoms with Crippen molar-refractivity contribution in [3.63, 3.8) is 0 Å². The average Bonchev–Trinajstić information content (AvgIpc) is 2.87. The van der Waals surface area contributed by atoms with Crippen LogP contribution < -0.4 is 24.4 Å². The fourth-order valence-corrected chi connectivity index (χ4v) is 3.83. The minimum absolute atomic E-state index is 0.202. The fourth-order valence-electron chi connectivity index (χ4n) is 3.71. The largest absolute Gasteiger partial charge is 0.493 e. The van der Waals surface area contributed by atoms with Gasteiger partial charge in [0, 0.05) is 5.02 Å². The maximum atomic E-state index is 13.1. The van der Waals surface area contributed by atoms with Crippen molar-refractivity contribution in [2.75, 3.05) is 25.2 Å². The number of benzene rings is 3. The van der Waals surface area contributed by atoms with Gasteiger partial charge >= 0.3 is 6.03 Å². The van der Waals surface area contributed by atoms with Gasteiger partial charge in [0.25, 0.3) is 11.8 Å². The highest BCUT2D eigenvalue weighted by molar-refractivity contribution is 6.39. The molecular weight excluding hydrogens is 496 g/mol. The van der Waals surface area contributed by atoms with E-state index >= 15 is 0 Å². The summed E-state index contributed by atoms with van der Waals surface area (Å²) < 4.78 is 17.1. The Morgan fingerprint density at radius 1 is 0.865 bits per heavy atom. The Labute approximate surface area is 219 Å². The second kappa shape index (κ2) is 11.2. The monoisotopic (exact) mass is 520 g/mol. The van der Waals surface area contributed by atoms with Gasteiger partial charge in [0.1, 0.15) is 24.5 Å². The van der Waals surface area contributed by atoms with Crippen LogP contribution in [0.3, 0.4) is 0 Å². The zero-order valence-corrected chi connectivity index (χ0v) is 21.3. The molecule has 0 bridgehead atoms. The summed E-state index contributed by atoms with van der Waals surface area (Å²) in [4.78, 5) is 38.8. The molecule has 8 nitrogen and oxygen atoms in total. The highest BCUT2D eigenvalue weighted by Gasteiger charge is 2.36. The molecule has 0 unspecified atom stereocenters. The van der Waals surface area contributed by atoms with E-state index in [1.165, 1.54) is 25.3 Å². The lowest BCUT2D eigenvalue weighted by Crippen LogP contribution is -2.54. The number of aryl methyl sites for hydroxylation is 2. The van der Waals surface area contributed by atoms with Crippen LogP contribution >= 0.6 is 11.6 Å². The smallest absolute Gasteiger partial charge is 0.335 e. The Morgan fingerprint density at radius 2 is 1.57 bits per heavy atom. The van der Waals surface area contributed by atoms with E-state index in [1.54, 1.807) is 30.3 Å². The van der Waals surface area contributed by atoms with Gasteiger partial charge in [-0.05, 0) is 79.1 Å². The molecule has 0 atom stereocenters. The highest BCUT2D eigenvalue weighted by Crippen LogP contribution is 2.30. The molecule has 0 radical (unpaired) electrons. The topological polar surface area (TPSA) is 94.2 Å². The van der Waals surface area contributed by atoms with Crippen molar-refractivity contribution >= 4 is 41.2 Å². The molecule has 1 aliphatic rings. The molecule has 1 N–H and O–H groups in total. The molecule has 1 fully saturated rings. The lowest BCUT2D eigenvalue weighted by molar-refractivity contribution is -0.122. The zero-order valence-electron chi connectivity index (χ0n) is 20.5. The van der Waals surface area contributed by atoms with E-state index in [2.05, 4.69) is 5.32 Å². The van der Waals surface area contributed by atoms with Gasteiger partial charge < -0.3 is 14.2 Å². The predicted molar refractivity (Wildman–Crippen MR) is 140 cm³/mol. The van der Waals surface area contributed by atoms with E-state index in [0.717, 1.165) is 21.8 Å². The van der Waals surface area contributed by atoms with Gasteiger partial charge in [-0.1, -0.05) is 29.8 Å². The van der Waals surface area contributed by atoms with Crippen LogP contribution in [0, 0.1) is 13.8 Å². The Hall–Kier alpha value is -4.30. The summed E-state index contributed by atoms with van der Waals surface area (Å²) in [5.41, 5.74) is 2.75. The third kappa shape index (κ3) is 5.92. The molecule has 3 aromatic rings. The summed E-state index contributed by atoms with van der Waals surface area (Å²) in [5.74, 6) is 0.156. The van der Waals surface area contributed by atoms with Crippen LogP contribution in [-0.4, -0.2) is 38.2 Å². The van der Waals surface area contributed by atoms with Crippen LogP contribution in [0.5, 0.6) is 17.2 Å². The molecule has 4 amide bonds. The number of methoxy groups -OCH3 is 1. The molecule has 1 aliphatic heterocycles. The van der Waals surface area contributed by atoms with E-state index < -0.39 is 17.8 Å². The number of amides is 4. The van der Waals surface area contributed by atoms with Crippen LogP contribution in [0.4, 0.5) is 10.5 Å². The number of barbiturate groups is 1. The summed E-state index contributed by atoms with van der Waals surface area (Å²) >= 11 is 5.91. The van der Waals surface area contributed by atoms with Crippen LogP contribution in [0.2, 0.25) is 5.02 Å². The third-order valence-electron chi connectivity index (χ3n) is 5.63. The Kier molecular flexibility index (Phi) is 7.79. The van der Waals surface area contributed by atoms with Gasteiger partial charge in [0.2, 0.25) is 0 Å². The number of hydrogen-bond donors (Lipinski definition) is 1. The van der Waals surface area contributed by atoms with Gasteiger partial charge in [-0.15, -0.1) is 0 Å². The first-order valence-corrected chi connectivity index (χ1v) is 11.8. The number of nitrogens with one attached hydrogen (secondary N) is 1. The summed E-state index contributed by atoms with van der Waals surface area (Å²) in [7, 11) is 1.49. The van der Waals surface area contributed by atoms with Crippen molar-refractivity contribution in [2.24, 2.45) is 0 Å². The summed E-state index contributed by atoms with van der Waals surface area (Å²) in [5, 5.41) is 2.65. The molecule has 1 saturated heterocycles. The normalized spacial score (nSPS) is 14.5. The maximum Gasteiger partial charge on any atom is 0.335 e. The fraction of sp³-hybridized carbons (Fsp3) is 0.179. The van der Waals surface area contributed by atoms with Crippen molar-refractivity contribution in [3.05, 3.63) is 87.9 Å². The Morgan fingerprint density at radius 3 is 2.27 bits per heavy atom. The van der Waals surface area contributed by atoms with Gasteiger partial charge in [0.15, 0.2) is 11.5 Å². The molecule has 190 valence electrons. The van der Waals surface area contributed by atoms with Gasteiger partial charge in [-0.25, -0.2) is 9.69 Å². The molecule has 0 aromatic heterocycles. The molecule has 9 heteroatoms. The number of carbonyl (C=O) groups is 3. The van der Waals surface area contributed by atoms with E-state index in [0.29, 0.717) is 28.7 Å². The Bertz CT molecular complexity index is 1380. The first-order valence-electron chi connectivity index (χ1n) is 11.4. The standard InChI is InChI=1S/C28H25ClN2O6/c1-17-4-5-18(2)24(14-17)37-13-12-36-23-11-6-19(16-25(23)35-3)15-22-26(32)30-28(34)31(27(22)33)21-9-7-20(29)8-10-21/h4-11,14-16H,12-13H2,1-3H3,(H,30,32,34)/b22-15+. The summed E-state index contributed by atoms with van der Waals surface area (Å²) in [6, 6.07) is 16.3. The van der Waals surface area contributed by atoms with Gasteiger partial charge in [0.05, 0.1) is 12.8 Å². The van der Waals surface area contributed by atoms with Crippen molar-refractivity contribution in [1.29, 1.82) is 0 Å². The number of ether oxygens (including phenoxy) is 3. The first kappa shape index (κ1) is 25.8.